The summed E-state index contributed by atoms with van der Waals surface area (Å²) in [4.78, 5) is 21.2. The van der Waals surface area contributed by atoms with Crippen LogP contribution in [-0.2, 0) is 14.3 Å². The average Bonchev–Trinajstić information content (AvgIpc) is 2.17. The molecule has 0 spiro atoms. The van der Waals surface area contributed by atoms with E-state index in [0.29, 0.717) is 13.0 Å². The second-order valence-corrected chi connectivity index (χ2v) is 3.53. The van der Waals surface area contributed by atoms with Gasteiger partial charge in [0.2, 0.25) is 0 Å². The minimum atomic E-state index is -0.870. The molecule has 1 N–H and O–H groups in total. The van der Waals surface area contributed by atoms with E-state index in [1.165, 1.54) is 0 Å². The van der Waals surface area contributed by atoms with E-state index in [2.05, 4.69) is 6.92 Å². The van der Waals surface area contributed by atoms with E-state index in [9.17, 15) is 9.59 Å². The van der Waals surface area contributed by atoms with E-state index in [0.717, 1.165) is 25.7 Å². The number of hydrogen-bond acceptors (Lipinski definition) is 3. The van der Waals surface area contributed by atoms with Gasteiger partial charge in [0.1, 0.15) is 0 Å². The smallest absolute Gasteiger partial charge is 0.305 e. The van der Waals surface area contributed by atoms with Crippen LogP contribution in [0.4, 0.5) is 0 Å². The van der Waals surface area contributed by atoms with Gasteiger partial charge in [-0.3, -0.25) is 9.59 Å². The van der Waals surface area contributed by atoms with Crippen LogP contribution in [0.5, 0.6) is 0 Å². The molecule has 0 heterocycles. The zero-order chi connectivity index (χ0) is 11.5. The van der Waals surface area contributed by atoms with Crippen molar-refractivity contribution in [3.8, 4) is 0 Å². The van der Waals surface area contributed by atoms with E-state index in [1.54, 1.807) is 0 Å². The van der Waals surface area contributed by atoms with Crippen molar-refractivity contribution in [2.75, 3.05) is 6.61 Å². The minimum Gasteiger partial charge on any atom is -0.481 e. The van der Waals surface area contributed by atoms with Crippen molar-refractivity contribution in [3.63, 3.8) is 0 Å². The van der Waals surface area contributed by atoms with E-state index in [4.69, 9.17) is 9.84 Å². The molecule has 15 heavy (non-hydrogen) atoms. The molecule has 0 rings (SSSR count). The van der Waals surface area contributed by atoms with Gasteiger partial charge < -0.3 is 9.84 Å². The number of unbranched alkanes of at least 4 members (excludes halogenated alkanes) is 3. The van der Waals surface area contributed by atoms with Crippen molar-refractivity contribution < 1.29 is 19.4 Å². The lowest BCUT2D eigenvalue weighted by Gasteiger charge is -2.03. The molecule has 0 bridgehead atoms. The number of carbonyl (C=O) groups is 2. The number of aliphatic carboxylic acids is 1. The summed E-state index contributed by atoms with van der Waals surface area (Å²) in [6.45, 7) is 2.59. The molecule has 0 unspecified atom stereocenters. The number of esters is 1. The second-order valence-electron chi connectivity index (χ2n) is 3.53. The first kappa shape index (κ1) is 13.9. The van der Waals surface area contributed by atoms with E-state index >= 15 is 0 Å². The number of ether oxygens (including phenoxy) is 1. The Morgan fingerprint density at radius 1 is 1.07 bits per heavy atom. The van der Waals surface area contributed by atoms with Gasteiger partial charge in [0, 0.05) is 12.8 Å². The highest BCUT2D eigenvalue weighted by atomic mass is 16.5. The van der Waals surface area contributed by atoms with Gasteiger partial charge >= 0.3 is 11.9 Å². The van der Waals surface area contributed by atoms with Gasteiger partial charge in [-0.2, -0.15) is 0 Å². The van der Waals surface area contributed by atoms with Gasteiger partial charge in [0.25, 0.3) is 0 Å². The molecule has 88 valence electrons. The van der Waals surface area contributed by atoms with Crippen LogP contribution < -0.4 is 0 Å². The highest BCUT2D eigenvalue weighted by molar-refractivity contribution is 5.71. The first-order chi connectivity index (χ1) is 7.16. The number of carbonyl (C=O) groups excluding carboxylic acids is 1. The lowest BCUT2D eigenvalue weighted by molar-refractivity contribution is -0.144. The summed E-state index contributed by atoms with van der Waals surface area (Å²) in [6, 6.07) is 0. The first-order valence-corrected chi connectivity index (χ1v) is 5.54. The minimum absolute atomic E-state index is 0.0327. The molecule has 0 aliphatic rings. The average molecular weight is 216 g/mol. The molecule has 4 heteroatoms. The van der Waals surface area contributed by atoms with Gasteiger partial charge in [0.05, 0.1) is 6.61 Å². The van der Waals surface area contributed by atoms with E-state index in [1.807, 2.05) is 0 Å². The Hall–Kier alpha value is -1.06. The third kappa shape index (κ3) is 10.9. The molecule has 0 saturated heterocycles. The molecule has 0 radical (unpaired) electrons. The van der Waals surface area contributed by atoms with Crippen molar-refractivity contribution in [2.24, 2.45) is 0 Å². The van der Waals surface area contributed by atoms with Crippen LogP contribution in [0.1, 0.15) is 51.9 Å². The molecule has 0 saturated carbocycles. The monoisotopic (exact) mass is 216 g/mol. The second kappa shape index (κ2) is 9.49. The van der Waals surface area contributed by atoms with Crippen LogP contribution in [-0.4, -0.2) is 23.7 Å². The lowest BCUT2D eigenvalue weighted by Crippen LogP contribution is -2.06. The fraction of sp³-hybridized carbons (Fsp3) is 0.818. The lowest BCUT2D eigenvalue weighted by atomic mass is 10.2. The Kier molecular flexibility index (Phi) is 8.82. The van der Waals surface area contributed by atoms with Gasteiger partial charge in [-0.15, -0.1) is 0 Å². The van der Waals surface area contributed by atoms with Crippen LogP contribution in [0.25, 0.3) is 0 Å². The fourth-order valence-electron chi connectivity index (χ4n) is 1.17. The zero-order valence-corrected chi connectivity index (χ0v) is 9.33. The fourth-order valence-corrected chi connectivity index (χ4v) is 1.17. The molecular weight excluding hydrogens is 196 g/mol. The number of rotatable bonds is 9. The Labute approximate surface area is 90.6 Å². The predicted octanol–water partition coefficient (Wildman–Crippen LogP) is 2.36. The van der Waals surface area contributed by atoms with Crippen molar-refractivity contribution in [2.45, 2.75) is 51.9 Å². The Morgan fingerprint density at radius 2 is 1.80 bits per heavy atom. The molecule has 4 nitrogen and oxygen atoms in total. The molecule has 0 aromatic rings. The Balaban J connectivity index is 3.22. The Bertz CT molecular complexity index is 189. The number of hydrogen-bond donors (Lipinski definition) is 1. The Morgan fingerprint density at radius 3 is 2.40 bits per heavy atom. The van der Waals surface area contributed by atoms with Gasteiger partial charge in [0.15, 0.2) is 0 Å². The molecule has 0 aliphatic carbocycles. The van der Waals surface area contributed by atoms with Gasteiger partial charge in [-0.05, 0) is 12.8 Å². The van der Waals surface area contributed by atoms with E-state index < -0.39 is 5.97 Å². The standard InChI is InChI=1S/C11H20O4/c1-2-3-4-5-9-15-11(14)8-6-7-10(12)13/h2-9H2,1H3,(H,12,13). The topological polar surface area (TPSA) is 63.6 Å². The summed E-state index contributed by atoms with van der Waals surface area (Å²) in [5.41, 5.74) is 0. The largest absolute Gasteiger partial charge is 0.481 e. The van der Waals surface area contributed by atoms with Crippen LogP contribution in [0.2, 0.25) is 0 Å². The van der Waals surface area contributed by atoms with Crippen molar-refractivity contribution >= 4 is 11.9 Å². The summed E-state index contributed by atoms with van der Waals surface area (Å²) in [6.07, 6.45) is 4.91. The number of carboxylic acid groups (broad SMARTS) is 1. The molecule has 0 amide bonds. The van der Waals surface area contributed by atoms with Crippen molar-refractivity contribution in [1.29, 1.82) is 0 Å². The summed E-state index contributed by atoms with van der Waals surface area (Å²) in [5, 5.41) is 8.35. The molecule has 0 fully saturated rings. The van der Waals surface area contributed by atoms with Crippen molar-refractivity contribution in [3.05, 3.63) is 0 Å². The zero-order valence-electron chi connectivity index (χ0n) is 9.33. The first-order valence-electron chi connectivity index (χ1n) is 5.54. The van der Waals surface area contributed by atoms with Crippen LogP contribution in [0.15, 0.2) is 0 Å². The summed E-state index contributed by atoms with van der Waals surface area (Å²) < 4.78 is 4.94. The molecule has 0 atom stereocenters. The molecule has 0 aromatic carbocycles. The van der Waals surface area contributed by atoms with Crippen LogP contribution >= 0.6 is 0 Å². The molecule has 0 aliphatic heterocycles. The van der Waals surface area contributed by atoms with Gasteiger partial charge in [-0.1, -0.05) is 26.2 Å². The maximum Gasteiger partial charge on any atom is 0.305 e. The SMILES string of the molecule is CCCCCCOC(=O)CCCC(=O)O. The predicted molar refractivity (Wildman–Crippen MR) is 56.6 cm³/mol. The normalized spacial score (nSPS) is 9.93. The summed E-state index contributed by atoms with van der Waals surface area (Å²) in [7, 11) is 0. The van der Waals surface area contributed by atoms with Gasteiger partial charge in [-0.25, -0.2) is 0 Å². The summed E-state index contributed by atoms with van der Waals surface area (Å²) in [5.74, 6) is -1.15. The summed E-state index contributed by atoms with van der Waals surface area (Å²) >= 11 is 0. The third-order valence-electron chi connectivity index (χ3n) is 2.03. The highest BCUT2D eigenvalue weighted by Crippen LogP contribution is 2.01. The maximum absolute atomic E-state index is 11.0. The molecule has 0 aromatic heterocycles. The number of carboxylic acids is 1. The van der Waals surface area contributed by atoms with Crippen molar-refractivity contribution in [1.82, 2.24) is 0 Å². The molecular formula is C11H20O4. The van der Waals surface area contributed by atoms with Crippen LogP contribution in [0.3, 0.4) is 0 Å². The highest BCUT2D eigenvalue weighted by Gasteiger charge is 2.04. The van der Waals surface area contributed by atoms with Crippen LogP contribution in [0, 0.1) is 0 Å². The quantitative estimate of drug-likeness (QED) is 0.474. The van der Waals surface area contributed by atoms with E-state index in [-0.39, 0.29) is 18.8 Å². The maximum atomic E-state index is 11.0. The third-order valence-corrected chi connectivity index (χ3v) is 2.03.